The Balaban J connectivity index is 1.67. The highest BCUT2D eigenvalue weighted by atomic mass is 32.2. The highest BCUT2D eigenvalue weighted by Crippen LogP contribution is 2.32. The molecule has 1 aromatic carbocycles. The minimum atomic E-state index is -4.25. The van der Waals surface area contributed by atoms with Crippen LogP contribution in [-0.2, 0) is 23.5 Å². The summed E-state index contributed by atoms with van der Waals surface area (Å²) in [5.41, 5.74) is 1.89. The van der Waals surface area contributed by atoms with Gasteiger partial charge in [0.15, 0.2) is 0 Å². The number of nitrogens with zero attached hydrogens (tertiary/aromatic N) is 4. The number of aromatic amines is 1. The molecule has 0 radical (unpaired) electrons. The first-order chi connectivity index (χ1) is 17.9. The van der Waals surface area contributed by atoms with E-state index < -0.39 is 22.6 Å². The molecule has 9 nitrogen and oxygen atoms in total. The molecule has 13 heteroatoms. The van der Waals surface area contributed by atoms with Crippen LogP contribution in [-0.4, -0.2) is 77.7 Å². The van der Waals surface area contributed by atoms with Gasteiger partial charge in [-0.15, -0.1) is 0 Å². The van der Waals surface area contributed by atoms with E-state index in [1.165, 1.54) is 22.5 Å². The van der Waals surface area contributed by atoms with Crippen molar-refractivity contribution in [1.29, 1.82) is 0 Å². The Hall–Kier alpha value is -2.90. The normalized spacial score (nSPS) is 15.8. The van der Waals surface area contributed by atoms with E-state index in [1.54, 1.807) is 23.4 Å². The van der Waals surface area contributed by atoms with Crippen molar-refractivity contribution in [1.82, 2.24) is 23.7 Å². The number of aryl methyl sites for hydroxylation is 2. The molecule has 1 aliphatic rings. The molecule has 0 unspecified atom stereocenters. The van der Waals surface area contributed by atoms with Crippen molar-refractivity contribution >= 4 is 21.1 Å². The Bertz CT molecular complexity index is 1460. The van der Waals surface area contributed by atoms with E-state index in [-0.39, 0.29) is 49.0 Å². The van der Waals surface area contributed by atoms with Gasteiger partial charge < -0.3 is 19.2 Å². The van der Waals surface area contributed by atoms with Gasteiger partial charge in [-0.25, -0.2) is 13.4 Å². The molecule has 0 atom stereocenters. The van der Waals surface area contributed by atoms with Gasteiger partial charge in [-0.05, 0) is 37.1 Å². The molecule has 1 aliphatic heterocycles. The van der Waals surface area contributed by atoms with Gasteiger partial charge in [-0.2, -0.15) is 17.5 Å². The molecule has 38 heavy (non-hydrogen) atoms. The molecular weight excluding hydrogens is 523 g/mol. The fourth-order valence-electron chi connectivity index (χ4n) is 4.72. The number of rotatable bonds is 9. The maximum Gasteiger partial charge on any atom is 0.390 e. The lowest BCUT2D eigenvalue weighted by Crippen LogP contribution is -2.49. The minimum Gasteiger partial charge on any atom is -0.493 e. The zero-order valence-electron chi connectivity index (χ0n) is 21.6. The van der Waals surface area contributed by atoms with Crippen LogP contribution in [0.4, 0.5) is 13.2 Å². The van der Waals surface area contributed by atoms with Crippen LogP contribution in [0.15, 0.2) is 34.1 Å². The van der Waals surface area contributed by atoms with Crippen molar-refractivity contribution in [3.63, 3.8) is 0 Å². The molecule has 1 saturated heterocycles. The van der Waals surface area contributed by atoms with Crippen molar-refractivity contribution in [2.24, 2.45) is 7.05 Å². The fourth-order valence-corrected chi connectivity index (χ4v) is 6.17. The summed E-state index contributed by atoms with van der Waals surface area (Å²) < 4.78 is 73.4. The lowest BCUT2D eigenvalue weighted by atomic mass is 10.1. The molecule has 3 heterocycles. The highest BCUT2D eigenvalue weighted by Gasteiger charge is 2.32. The topological polar surface area (TPSA) is 101 Å². The second-order valence-corrected chi connectivity index (χ2v) is 11.3. The summed E-state index contributed by atoms with van der Waals surface area (Å²) in [4.78, 5) is 22.1. The predicted molar refractivity (Wildman–Crippen MR) is 138 cm³/mol. The van der Waals surface area contributed by atoms with Crippen LogP contribution in [0.3, 0.4) is 0 Å². The number of ether oxygens (including phenoxy) is 1. The summed E-state index contributed by atoms with van der Waals surface area (Å²) in [6.07, 6.45) is -1.71. The number of nitrogens with one attached hydrogen (secondary N) is 1. The van der Waals surface area contributed by atoms with Crippen molar-refractivity contribution < 1.29 is 26.3 Å². The first-order valence-corrected chi connectivity index (χ1v) is 14.0. The monoisotopic (exact) mass is 555 g/mol. The zero-order valence-corrected chi connectivity index (χ0v) is 22.5. The third-order valence-electron chi connectivity index (χ3n) is 6.61. The van der Waals surface area contributed by atoms with E-state index >= 15 is 0 Å². The number of fused-ring (bicyclic) bond motifs is 1. The Morgan fingerprint density at radius 1 is 1.13 bits per heavy atom. The number of halogens is 3. The first kappa shape index (κ1) is 28.1. The maximum atomic E-state index is 13.5. The number of hydrogen-bond donors (Lipinski definition) is 1. The maximum absolute atomic E-state index is 13.5. The molecule has 4 rings (SSSR count). The van der Waals surface area contributed by atoms with E-state index in [0.29, 0.717) is 29.0 Å². The highest BCUT2D eigenvalue weighted by molar-refractivity contribution is 7.89. The van der Waals surface area contributed by atoms with Crippen LogP contribution in [0.5, 0.6) is 5.75 Å². The number of piperazine rings is 1. The third kappa shape index (κ3) is 5.89. The van der Waals surface area contributed by atoms with Crippen LogP contribution >= 0.6 is 0 Å². The molecule has 0 amide bonds. The quantitative estimate of drug-likeness (QED) is 0.434. The van der Waals surface area contributed by atoms with Gasteiger partial charge in [-0.3, -0.25) is 4.79 Å². The van der Waals surface area contributed by atoms with Crippen molar-refractivity contribution in [2.75, 3.05) is 39.3 Å². The van der Waals surface area contributed by atoms with Gasteiger partial charge in [0.2, 0.25) is 10.0 Å². The summed E-state index contributed by atoms with van der Waals surface area (Å²) in [5.74, 6) is 0.572. The summed E-state index contributed by atoms with van der Waals surface area (Å²) in [7, 11) is -2.17. The van der Waals surface area contributed by atoms with Crippen molar-refractivity contribution in [2.45, 2.75) is 44.2 Å². The van der Waals surface area contributed by atoms with Crippen LogP contribution in [0.2, 0.25) is 0 Å². The summed E-state index contributed by atoms with van der Waals surface area (Å²) >= 11 is 0. The zero-order chi connectivity index (χ0) is 27.7. The van der Waals surface area contributed by atoms with E-state index in [2.05, 4.69) is 4.98 Å². The second-order valence-electron chi connectivity index (χ2n) is 9.33. The first-order valence-electron chi connectivity index (χ1n) is 12.6. The lowest BCUT2D eigenvalue weighted by Gasteiger charge is -2.34. The third-order valence-corrected chi connectivity index (χ3v) is 8.50. The van der Waals surface area contributed by atoms with Gasteiger partial charge in [-0.1, -0.05) is 13.3 Å². The molecule has 0 aliphatic carbocycles. The van der Waals surface area contributed by atoms with Gasteiger partial charge >= 0.3 is 6.18 Å². The van der Waals surface area contributed by atoms with Crippen molar-refractivity contribution in [3.05, 3.63) is 40.3 Å². The number of alkyl halides is 3. The number of sulfonamides is 1. The van der Waals surface area contributed by atoms with Crippen molar-refractivity contribution in [3.8, 4) is 17.1 Å². The average molecular weight is 556 g/mol. The number of aromatic nitrogens is 3. The van der Waals surface area contributed by atoms with E-state index in [9.17, 15) is 26.4 Å². The predicted octanol–water partition coefficient (Wildman–Crippen LogP) is 3.54. The van der Waals surface area contributed by atoms with Crippen LogP contribution < -0.4 is 10.3 Å². The SMILES string of the molecule is CCCc1cn(C)c2c(=O)[nH]c(-c3cc(S(=O)(=O)N4CCN(CCC(F)(F)F)CC4)ccc3OCC)nc12. The molecular formula is C25H32F3N5O4S. The average Bonchev–Trinajstić information content (AvgIpc) is 3.18. The smallest absolute Gasteiger partial charge is 0.390 e. The summed E-state index contributed by atoms with van der Waals surface area (Å²) in [6, 6.07) is 4.40. The van der Waals surface area contributed by atoms with Crippen LogP contribution in [0, 0.1) is 0 Å². The Morgan fingerprint density at radius 2 is 1.84 bits per heavy atom. The van der Waals surface area contributed by atoms with Gasteiger partial charge in [0.1, 0.15) is 17.1 Å². The lowest BCUT2D eigenvalue weighted by molar-refractivity contribution is -0.138. The van der Waals surface area contributed by atoms with E-state index in [1.807, 2.05) is 13.1 Å². The second kappa shape index (κ2) is 11.1. The Kier molecular flexibility index (Phi) is 8.19. The molecule has 1 fully saturated rings. The molecule has 2 aromatic heterocycles. The van der Waals surface area contributed by atoms with Gasteiger partial charge in [0.05, 0.1) is 29.0 Å². The number of H-pyrrole nitrogens is 1. The summed E-state index contributed by atoms with van der Waals surface area (Å²) in [5, 5.41) is 0. The molecule has 3 aromatic rings. The standard InChI is InChI=1S/C25H32F3N5O4S/c1-4-6-17-16-31(3)22-21(17)29-23(30-24(22)34)19-15-18(7-8-20(19)37-5-2)38(35,36)33-13-11-32(12-14-33)10-9-25(26,27)28/h7-8,15-16H,4-6,9-14H2,1-3H3,(H,29,30,34). The molecule has 1 N–H and O–H groups in total. The largest absolute Gasteiger partial charge is 0.493 e. The van der Waals surface area contributed by atoms with E-state index in [4.69, 9.17) is 9.72 Å². The molecule has 0 spiro atoms. The van der Waals surface area contributed by atoms with E-state index in [0.717, 1.165) is 18.4 Å². The van der Waals surface area contributed by atoms with Crippen LogP contribution in [0.1, 0.15) is 32.3 Å². The number of hydrogen-bond acceptors (Lipinski definition) is 6. The number of benzene rings is 1. The molecule has 208 valence electrons. The van der Waals surface area contributed by atoms with Gasteiger partial charge in [0.25, 0.3) is 5.56 Å². The fraction of sp³-hybridized carbons (Fsp3) is 0.520. The summed E-state index contributed by atoms with van der Waals surface area (Å²) in [6.45, 7) is 4.55. The minimum absolute atomic E-state index is 0.00992. The molecule has 0 saturated carbocycles. The molecule has 0 bridgehead atoms. The van der Waals surface area contributed by atoms with Gasteiger partial charge in [0, 0.05) is 46.0 Å². The van der Waals surface area contributed by atoms with Crippen LogP contribution in [0.25, 0.3) is 22.4 Å². The Morgan fingerprint density at radius 3 is 2.47 bits per heavy atom. The Labute approximate surface area is 219 Å².